The van der Waals surface area contributed by atoms with E-state index in [9.17, 15) is 9.59 Å². The van der Waals surface area contributed by atoms with Crippen molar-refractivity contribution < 1.29 is 19.1 Å². The van der Waals surface area contributed by atoms with Crippen LogP contribution in [0.25, 0.3) is 0 Å². The summed E-state index contributed by atoms with van der Waals surface area (Å²) in [7, 11) is 1.31. The van der Waals surface area contributed by atoms with Crippen LogP contribution in [0.1, 0.15) is 15.9 Å². The fourth-order valence-electron chi connectivity index (χ4n) is 2.07. The van der Waals surface area contributed by atoms with Gasteiger partial charge in [0.05, 0.1) is 25.8 Å². The Bertz CT molecular complexity index is 532. The number of esters is 1. The molecular weight excluding hydrogens is 326 g/mol. The third kappa shape index (κ3) is 3.19. The lowest BCUT2D eigenvalue weighted by atomic mass is 10.1. The first-order chi connectivity index (χ1) is 9.52. The van der Waals surface area contributed by atoms with E-state index in [1.165, 1.54) is 7.11 Å². The van der Waals surface area contributed by atoms with Crippen molar-refractivity contribution in [1.82, 2.24) is 4.90 Å². The van der Waals surface area contributed by atoms with E-state index in [-0.39, 0.29) is 12.5 Å². The quantitative estimate of drug-likeness (QED) is 0.769. The number of morpholine rings is 1. The van der Waals surface area contributed by atoms with E-state index in [2.05, 4.69) is 20.7 Å². The van der Waals surface area contributed by atoms with Crippen LogP contribution in [0.5, 0.6) is 0 Å². The van der Waals surface area contributed by atoms with Gasteiger partial charge in [-0.3, -0.25) is 4.79 Å². The highest BCUT2D eigenvalue weighted by Gasteiger charge is 2.30. The minimum atomic E-state index is -0.707. The highest BCUT2D eigenvalue weighted by Crippen LogP contribution is 2.21. The summed E-state index contributed by atoms with van der Waals surface area (Å²) in [6.07, 6.45) is -0.707. The topological polar surface area (TPSA) is 55.8 Å². The second-order valence-electron chi connectivity index (χ2n) is 4.62. The first-order valence-electron chi connectivity index (χ1n) is 6.27. The van der Waals surface area contributed by atoms with Crippen molar-refractivity contribution in [3.63, 3.8) is 0 Å². The zero-order chi connectivity index (χ0) is 14.7. The van der Waals surface area contributed by atoms with Crippen LogP contribution in [0.4, 0.5) is 0 Å². The number of amides is 1. The third-order valence-corrected chi connectivity index (χ3v) is 3.83. The molecule has 1 aromatic carbocycles. The Labute approximate surface area is 126 Å². The average molecular weight is 342 g/mol. The van der Waals surface area contributed by atoms with Crippen molar-refractivity contribution >= 4 is 27.8 Å². The molecule has 108 valence electrons. The molecule has 20 heavy (non-hydrogen) atoms. The molecule has 1 aliphatic heterocycles. The Hall–Kier alpha value is -1.40. The molecule has 1 amide bonds. The monoisotopic (exact) mass is 341 g/mol. The Kier molecular flexibility index (Phi) is 4.77. The number of nitrogens with zero attached hydrogens (tertiary/aromatic N) is 1. The molecule has 1 heterocycles. The van der Waals surface area contributed by atoms with Crippen LogP contribution in [0.3, 0.4) is 0 Å². The van der Waals surface area contributed by atoms with E-state index in [4.69, 9.17) is 4.74 Å². The molecule has 0 N–H and O–H groups in total. The number of hydrogen-bond donors (Lipinski definition) is 0. The summed E-state index contributed by atoms with van der Waals surface area (Å²) in [5.74, 6) is -0.570. The van der Waals surface area contributed by atoms with Crippen LogP contribution in [0.2, 0.25) is 0 Å². The fourth-order valence-corrected chi connectivity index (χ4v) is 2.73. The molecule has 1 atom stereocenters. The van der Waals surface area contributed by atoms with Crippen molar-refractivity contribution in [3.05, 3.63) is 33.8 Å². The first-order valence-corrected chi connectivity index (χ1v) is 7.07. The molecule has 1 unspecified atom stereocenters. The third-order valence-electron chi connectivity index (χ3n) is 3.17. The normalized spacial score (nSPS) is 18.8. The molecule has 0 spiro atoms. The molecule has 0 radical (unpaired) electrons. The predicted octanol–water partition coefficient (Wildman–Crippen LogP) is 1.77. The largest absolute Gasteiger partial charge is 0.467 e. The highest BCUT2D eigenvalue weighted by molar-refractivity contribution is 9.10. The van der Waals surface area contributed by atoms with Crippen LogP contribution in [-0.2, 0) is 14.3 Å². The van der Waals surface area contributed by atoms with Crippen molar-refractivity contribution in [2.75, 3.05) is 26.8 Å². The molecule has 0 saturated carbocycles. The van der Waals surface area contributed by atoms with Crippen LogP contribution in [-0.4, -0.2) is 49.7 Å². The van der Waals surface area contributed by atoms with Crippen LogP contribution >= 0.6 is 15.9 Å². The number of rotatable bonds is 2. The maximum Gasteiger partial charge on any atom is 0.336 e. The van der Waals surface area contributed by atoms with E-state index < -0.39 is 12.1 Å². The summed E-state index contributed by atoms with van der Waals surface area (Å²) in [5, 5.41) is 0. The van der Waals surface area contributed by atoms with Gasteiger partial charge < -0.3 is 14.4 Å². The maximum atomic E-state index is 12.5. The van der Waals surface area contributed by atoms with E-state index >= 15 is 0 Å². The Balaban J connectivity index is 2.14. The summed E-state index contributed by atoms with van der Waals surface area (Å²) in [6, 6.07) is 5.56. The van der Waals surface area contributed by atoms with Gasteiger partial charge in [-0.15, -0.1) is 0 Å². The van der Waals surface area contributed by atoms with Gasteiger partial charge in [-0.25, -0.2) is 4.79 Å². The molecule has 6 heteroatoms. The van der Waals surface area contributed by atoms with Gasteiger partial charge in [-0.2, -0.15) is 0 Å². The molecule has 0 aromatic heterocycles. The van der Waals surface area contributed by atoms with Gasteiger partial charge in [0.2, 0.25) is 0 Å². The second-order valence-corrected chi connectivity index (χ2v) is 5.47. The molecule has 1 saturated heterocycles. The summed E-state index contributed by atoms with van der Waals surface area (Å²) in [4.78, 5) is 25.6. The van der Waals surface area contributed by atoms with Crippen molar-refractivity contribution in [2.45, 2.75) is 13.0 Å². The van der Waals surface area contributed by atoms with Gasteiger partial charge in [0.25, 0.3) is 5.91 Å². The molecule has 1 fully saturated rings. The smallest absolute Gasteiger partial charge is 0.336 e. The molecular formula is C14H16BrNO4. The average Bonchev–Trinajstić information content (AvgIpc) is 2.46. The van der Waals surface area contributed by atoms with Crippen molar-refractivity contribution in [2.24, 2.45) is 0 Å². The SMILES string of the molecule is COC(=O)C1CN(C(=O)c2ccc(C)cc2Br)CCO1. The molecule has 0 aliphatic carbocycles. The van der Waals surface area contributed by atoms with Gasteiger partial charge in [0, 0.05) is 11.0 Å². The van der Waals surface area contributed by atoms with Gasteiger partial charge in [-0.05, 0) is 40.5 Å². The fraction of sp³-hybridized carbons (Fsp3) is 0.429. The standard InChI is InChI=1S/C14H16BrNO4/c1-9-3-4-10(11(15)7-9)13(17)16-5-6-20-12(8-16)14(18)19-2/h3-4,7,12H,5-6,8H2,1-2H3. The predicted molar refractivity (Wildman–Crippen MR) is 76.5 cm³/mol. The second kappa shape index (κ2) is 6.37. The highest BCUT2D eigenvalue weighted by atomic mass is 79.9. The van der Waals surface area contributed by atoms with Gasteiger partial charge in [0.15, 0.2) is 6.10 Å². The lowest BCUT2D eigenvalue weighted by molar-refractivity contribution is -0.158. The number of halogens is 1. The number of carbonyl (C=O) groups excluding carboxylic acids is 2. The lowest BCUT2D eigenvalue weighted by Gasteiger charge is -2.31. The van der Waals surface area contributed by atoms with Crippen molar-refractivity contribution in [1.29, 1.82) is 0 Å². The van der Waals surface area contributed by atoms with E-state index in [0.717, 1.165) is 10.0 Å². The summed E-state index contributed by atoms with van der Waals surface area (Å²) >= 11 is 3.40. The molecule has 5 nitrogen and oxygen atoms in total. The van der Waals surface area contributed by atoms with Crippen LogP contribution in [0.15, 0.2) is 22.7 Å². The van der Waals surface area contributed by atoms with E-state index in [0.29, 0.717) is 18.7 Å². The zero-order valence-corrected chi connectivity index (χ0v) is 13.0. The summed E-state index contributed by atoms with van der Waals surface area (Å²) in [5.41, 5.74) is 1.66. The number of benzene rings is 1. The molecule has 0 bridgehead atoms. The zero-order valence-electron chi connectivity index (χ0n) is 11.4. The maximum absolute atomic E-state index is 12.5. The summed E-state index contributed by atoms with van der Waals surface area (Å²) < 4.78 is 10.7. The molecule has 2 rings (SSSR count). The molecule has 1 aromatic rings. The number of ether oxygens (including phenoxy) is 2. The van der Waals surface area contributed by atoms with Crippen LogP contribution in [0, 0.1) is 6.92 Å². The number of carbonyl (C=O) groups is 2. The lowest BCUT2D eigenvalue weighted by Crippen LogP contribution is -2.49. The van der Waals surface area contributed by atoms with E-state index in [1.54, 1.807) is 11.0 Å². The minimum Gasteiger partial charge on any atom is -0.467 e. The number of aryl methyl sites for hydroxylation is 1. The number of hydrogen-bond acceptors (Lipinski definition) is 4. The Morgan fingerprint density at radius 1 is 1.45 bits per heavy atom. The van der Waals surface area contributed by atoms with Gasteiger partial charge in [0.1, 0.15) is 0 Å². The summed E-state index contributed by atoms with van der Waals surface area (Å²) in [6.45, 7) is 2.97. The Morgan fingerprint density at radius 2 is 2.20 bits per heavy atom. The van der Waals surface area contributed by atoms with Crippen molar-refractivity contribution in [3.8, 4) is 0 Å². The first kappa shape index (κ1) is 15.0. The number of methoxy groups -OCH3 is 1. The van der Waals surface area contributed by atoms with Crippen LogP contribution < -0.4 is 0 Å². The molecule has 1 aliphatic rings. The Morgan fingerprint density at radius 3 is 2.85 bits per heavy atom. The van der Waals surface area contributed by atoms with E-state index in [1.807, 2.05) is 19.1 Å². The minimum absolute atomic E-state index is 0.117. The van der Waals surface area contributed by atoms with Gasteiger partial charge >= 0.3 is 5.97 Å². The van der Waals surface area contributed by atoms with Gasteiger partial charge in [-0.1, -0.05) is 6.07 Å².